The lowest BCUT2D eigenvalue weighted by Gasteiger charge is -2.21. The van der Waals surface area contributed by atoms with Gasteiger partial charge in [0.1, 0.15) is 17.0 Å². The molecule has 0 aliphatic heterocycles. The lowest BCUT2D eigenvalue weighted by Crippen LogP contribution is -2.32. The number of aryl methyl sites for hydroxylation is 1. The number of nitrogens with zero attached hydrogens (tertiary/aromatic N) is 5. The molecule has 4 rings (SSSR count). The summed E-state index contributed by atoms with van der Waals surface area (Å²) < 4.78 is 29.9. The molecule has 0 radical (unpaired) electrons. The number of thiazole rings is 1. The highest BCUT2D eigenvalue weighted by Gasteiger charge is 2.27. The topological polar surface area (TPSA) is 63.9 Å². The number of halogens is 2. The Morgan fingerprint density at radius 1 is 1.23 bits per heavy atom. The van der Waals surface area contributed by atoms with E-state index in [0.29, 0.717) is 21.8 Å². The average molecular weight is 427 g/mol. The molecule has 0 atom stereocenters. The van der Waals surface area contributed by atoms with Gasteiger partial charge in [0.15, 0.2) is 10.9 Å². The minimum Gasteiger partial charge on any atom is -0.277 e. The molecule has 0 spiro atoms. The summed E-state index contributed by atoms with van der Waals surface area (Å²) in [6.07, 6.45) is 1.63. The van der Waals surface area contributed by atoms with E-state index in [4.69, 9.17) is 0 Å². The molecule has 0 unspecified atom stereocenters. The molecule has 0 fully saturated rings. The van der Waals surface area contributed by atoms with Gasteiger partial charge in [-0.2, -0.15) is 5.10 Å². The van der Waals surface area contributed by atoms with Crippen LogP contribution in [0.4, 0.5) is 13.9 Å². The SMILES string of the molecule is Cc1cc(C(=O)N(Cc2ccccn2)c2nc3c(F)cc(F)cc3s2)n(C(C)C)n1. The summed E-state index contributed by atoms with van der Waals surface area (Å²) >= 11 is 1.05. The Balaban J connectivity index is 1.83. The molecule has 0 aliphatic carbocycles. The lowest BCUT2D eigenvalue weighted by molar-refractivity contribution is 0.0972. The van der Waals surface area contributed by atoms with E-state index in [2.05, 4.69) is 15.1 Å². The normalized spacial score (nSPS) is 11.4. The number of pyridine rings is 1. The molecule has 0 aliphatic rings. The molecule has 0 saturated heterocycles. The summed E-state index contributed by atoms with van der Waals surface area (Å²) in [7, 11) is 0. The molecule has 30 heavy (non-hydrogen) atoms. The predicted octanol–water partition coefficient (Wildman–Crippen LogP) is 4.90. The summed E-state index contributed by atoms with van der Waals surface area (Å²) in [5.41, 5.74) is 1.78. The molecule has 0 bridgehead atoms. The summed E-state index contributed by atoms with van der Waals surface area (Å²) in [5.74, 6) is -1.79. The molecular formula is C21H19F2N5OS. The van der Waals surface area contributed by atoms with Crippen LogP contribution in [0, 0.1) is 18.6 Å². The van der Waals surface area contributed by atoms with E-state index in [1.165, 1.54) is 11.0 Å². The molecule has 3 aromatic heterocycles. The Kier molecular flexibility index (Phi) is 5.29. The van der Waals surface area contributed by atoms with Crippen LogP contribution in [0.25, 0.3) is 10.2 Å². The number of hydrogen-bond acceptors (Lipinski definition) is 5. The highest BCUT2D eigenvalue weighted by atomic mass is 32.1. The van der Waals surface area contributed by atoms with Gasteiger partial charge in [0.05, 0.1) is 22.6 Å². The quantitative estimate of drug-likeness (QED) is 0.454. The van der Waals surface area contributed by atoms with Crippen LogP contribution in [-0.2, 0) is 6.54 Å². The van der Waals surface area contributed by atoms with Gasteiger partial charge < -0.3 is 0 Å². The third kappa shape index (κ3) is 3.80. The maximum Gasteiger partial charge on any atom is 0.278 e. The van der Waals surface area contributed by atoms with Gasteiger partial charge in [-0.05, 0) is 45.0 Å². The van der Waals surface area contributed by atoms with Crippen molar-refractivity contribution >= 4 is 32.6 Å². The number of aromatic nitrogens is 4. The fraction of sp³-hybridized carbons (Fsp3) is 0.238. The number of carbonyl (C=O) groups excluding carboxylic acids is 1. The molecule has 1 aromatic carbocycles. The zero-order valence-corrected chi connectivity index (χ0v) is 17.5. The molecule has 1 amide bonds. The monoisotopic (exact) mass is 427 g/mol. The first kappa shape index (κ1) is 20.1. The van der Waals surface area contributed by atoms with Crippen LogP contribution in [-0.4, -0.2) is 25.7 Å². The molecular weight excluding hydrogens is 408 g/mol. The van der Waals surface area contributed by atoms with Gasteiger partial charge >= 0.3 is 0 Å². The van der Waals surface area contributed by atoms with Crippen LogP contribution in [0.3, 0.4) is 0 Å². The van der Waals surface area contributed by atoms with Gasteiger partial charge in [-0.15, -0.1) is 0 Å². The minimum atomic E-state index is -0.763. The lowest BCUT2D eigenvalue weighted by atomic mass is 10.2. The number of hydrogen-bond donors (Lipinski definition) is 0. The van der Waals surface area contributed by atoms with E-state index in [1.54, 1.807) is 29.1 Å². The smallest absolute Gasteiger partial charge is 0.277 e. The van der Waals surface area contributed by atoms with E-state index in [0.717, 1.165) is 17.4 Å². The summed E-state index contributed by atoms with van der Waals surface area (Å²) in [6, 6.07) is 9.07. The van der Waals surface area contributed by atoms with Crippen LogP contribution in [0.1, 0.15) is 41.8 Å². The largest absolute Gasteiger partial charge is 0.278 e. The minimum absolute atomic E-state index is 0.0312. The average Bonchev–Trinajstić information content (AvgIpc) is 3.30. The summed E-state index contributed by atoms with van der Waals surface area (Å²) in [6.45, 7) is 5.81. The maximum atomic E-state index is 14.2. The second-order valence-corrected chi connectivity index (χ2v) is 8.16. The summed E-state index contributed by atoms with van der Waals surface area (Å²) in [5, 5.41) is 4.67. The second-order valence-electron chi connectivity index (χ2n) is 7.15. The van der Waals surface area contributed by atoms with Gasteiger partial charge in [-0.25, -0.2) is 13.8 Å². The van der Waals surface area contributed by atoms with E-state index >= 15 is 0 Å². The third-order valence-electron chi connectivity index (χ3n) is 4.49. The van der Waals surface area contributed by atoms with Crippen molar-refractivity contribution < 1.29 is 13.6 Å². The van der Waals surface area contributed by atoms with Gasteiger partial charge in [-0.1, -0.05) is 17.4 Å². The molecule has 0 saturated carbocycles. The van der Waals surface area contributed by atoms with E-state index in [9.17, 15) is 13.6 Å². The van der Waals surface area contributed by atoms with Crippen molar-refractivity contribution in [2.75, 3.05) is 4.90 Å². The number of fused-ring (bicyclic) bond motifs is 1. The number of rotatable bonds is 5. The standard InChI is InChI=1S/C21H19F2N5OS/c1-12(2)28-17(8-13(3)26-28)20(29)27(11-15-6-4-5-7-24-15)21-25-19-16(23)9-14(22)10-18(19)30-21/h4-10,12H,11H2,1-3H3. The van der Waals surface area contributed by atoms with Crippen molar-refractivity contribution in [3.63, 3.8) is 0 Å². The Hall–Kier alpha value is -3.20. The van der Waals surface area contributed by atoms with Crippen LogP contribution < -0.4 is 4.90 Å². The van der Waals surface area contributed by atoms with Gasteiger partial charge in [0.25, 0.3) is 5.91 Å². The van der Waals surface area contributed by atoms with E-state index in [-0.39, 0.29) is 29.1 Å². The fourth-order valence-corrected chi connectivity index (χ4v) is 4.15. The molecule has 6 nitrogen and oxygen atoms in total. The Morgan fingerprint density at radius 2 is 2.03 bits per heavy atom. The number of anilines is 1. The predicted molar refractivity (Wildman–Crippen MR) is 112 cm³/mol. The highest BCUT2D eigenvalue weighted by molar-refractivity contribution is 7.22. The van der Waals surface area contributed by atoms with Crippen molar-refractivity contribution in [3.05, 3.63) is 71.3 Å². The van der Waals surface area contributed by atoms with Gasteiger partial charge in [0.2, 0.25) is 0 Å². The van der Waals surface area contributed by atoms with Crippen LogP contribution in [0.5, 0.6) is 0 Å². The van der Waals surface area contributed by atoms with Crippen molar-refractivity contribution in [1.82, 2.24) is 19.7 Å². The highest BCUT2D eigenvalue weighted by Crippen LogP contribution is 2.33. The van der Waals surface area contributed by atoms with Crippen LogP contribution >= 0.6 is 11.3 Å². The third-order valence-corrected chi connectivity index (χ3v) is 5.52. The number of carbonyl (C=O) groups is 1. The first-order chi connectivity index (χ1) is 14.3. The molecule has 0 N–H and O–H groups in total. The van der Waals surface area contributed by atoms with Crippen LogP contribution in [0.15, 0.2) is 42.6 Å². The van der Waals surface area contributed by atoms with Crippen molar-refractivity contribution in [2.45, 2.75) is 33.4 Å². The second kappa shape index (κ2) is 7.91. The van der Waals surface area contributed by atoms with Crippen molar-refractivity contribution in [2.24, 2.45) is 0 Å². The molecule has 154 valence electrons. The van der Waals surface area contributed by atoms with E-state index < -0.39 is 11.6 Å². The molecule has 4 aromatic rings. The Morgan fingerprint density at radius 3 is 2.73 bits per heavy atom. The maximum absolute atomic E-state index is 14.2. The first-order valence-electron chi connectivity index (χ1n) is 9.37. The number of benzene rings is 1. The molecule has 9 heteroatoms. The van der Waals surface area contributed by atoms with Crippen molar-refractivity contribution in [3.8, 4) is 0 Å². The van der Waals surface area contributed by atoms with E-state index in [1.807, 2.05) is 26.8 Å². The zero-order chi connectivity index (χ0) is 21.4. The zero-order valence-electron chi connectivity index (χ0n) is 16.6. The molecule has 3 heterocycles. The fourth-order valence-electron chi connectivity index (χ4n) is 3.15. The summed E-state index contributed by atoms with van der Waals surface area (Å²) in [4.78, 5) is 23.6. The Labute approximate surface area is 175 Å². The van der Waals surface area contributed by atoms with Crippen LogP contribution in [0.2, 0.25) is 0 Å². The van der Waals surface area contributed by atoms with Gasteiger partial charge in [0, 0.05) is 18.3 Å². The number of amides is 1. The Bertz CT molecular complexity index is 1220. The van der Waals surface area contributed by atoms with Gasteiger partial charge in [-0.3, -0.25) is 19.4 Å². The first-order valence-corrected chi connectivity index (χ1v) is 10.2. The van der Waals surface area contributed by atoms with Crippen molar-refractivity contribution in [1.29, 1.82) is 0 Å².